The Hall–Kier alpha value is -2.83. The topological polar surface area (TPSA) is 93.4 Å². The normalized spacial score (nSPS) is 11.8. The Balaban J connectivity index is 2.21. The number of rotatable bonds is 5. The number of aromatic carboxylic acids is 1. The van der Waals surface area contributed by atoms with Crippen molar-refractivity contribution in [1.82, 2.24) is 15.1 Å². The van der Waals surface area contributed by atoms with Crippen LogP contribution in [0.2, 0.25) is 0 Å². The standard InChI is InChI=1S/C15H17N3O4/c1-9(10-5-4-6-11(7-10)22-3)17-14(19)13-12(15(20)21)8-16-18(13)2/h4-9H,1-3H3,(H,17,19)(H,20,21)/t9-/m0/s1. The molecule has 1 aromatic carbocycles. The molecule has 0 aliphatic rings. The van der Waals surface area contributed by atoms with Gasteiger partial charge in [-0.2, -0.15) is 5.10 Å². The Labute approximate surface area is 127 Å². The van der Waals surface area contributed by atoms with Gasteiger partial charge in [-0.1, -0.05) is 12.1 Å². The highest BCUT2D eigenvalue weighted by atomic mass is 16.5. The Kier molecular flexibility index (Phi) is 4.45. The van der Waals surface area contributed by atoms with E-state index in [-0.39, 0.29) is 17.3 Å². The van der Waals surface area contributed by atoms with E-state index in [1.165, 1.54) is 11.7 Å². The number of benzene rings is 1. The number of nitrogens with zero attached hydrogens (tertiary/aromatic N) is 2. The summed E-state index contributed by atoms with van der Waals surface area (Å²) in [4.78, 5) is 23.5. The lowest BCUT2D eigenvalue weighted by Crippen LogP contribution is -2.29. The second-order valence-corrected chi connectivity index (χ2v) is 4.81. The summed E-state index contributed by atoms with van der Waals surface area (Å²) in [6.45, 7) is 1.81. The zero-order chi connectivity index (χ0) is 16.3. The fraction of sp³-hybridized carbons (Fsp3) is 0.267. The highest BCUT2D eigenvalue weighted by Gasteiger charge is 2.23. The molecule has 0 radical (unpaired) electrons. The van der Waals surface area contributed by atoms with E-state index in [2.05, 4.69) is 10.4 Å². The third-order valence-corrected chi connectivity index (χ3v) is 3.33. The van der Waals surface area contributed by atoms with E-state index < -0.39 is 11.9 Å². The quantitative estimate of drug-likeness (QED) is 0.875. The van der Waals surface area contributed by atoms with Gasteiger partial charge in [0.05, 0.1) is 19.3 Å². The molecule has 2 rings (SSSR count). The maximum atomic E-state index is 12.3. The van der Waals surface area contributed by atoms with Crippen LogP contribution in [0.1, 0.15) is 39.4 Å². The second kappa shape index (κ2) is 6.30. The Morgan fingerprint density at radius 1 is 1.41 bits per heavy atom. The predicted molar refractivity (Wildman–Crippen MR) is 79.0 cm³/mol. The van der Waals surface area contributed by atoms with Gasteiger partial charge in [-0.25, -0.2) is 4.79 Å². The van der Waals surface area contributed by atoms with E-state index in [0.717, 1.165) is 11.8 Å². The maximum Gasteiger partial charge on any atom is 0.339 e. The summed E-state index contributed by atoms with van der Waals surface area (Å²) in [5.41, 5.74) is 0.742. The number of amides is 1. The molecule has 1 aromatic heterocycles. The number of nitrogens with one attached hydrogen (secondary N) is 1. The van der Waals surface area contributed by atoms with Crippen LogP contribution in [0, 0.1) is 0 Å². The molecule has 0 fully saturated rings. The third kappa shape index (κ3) is 3.08. The molecule has 2 aromatic rings. The number of hydrogen-bond donors (Lipinski definition) is 2. The summed E-state index contributed by atoms with van der Waals surface area (Å²) in [7, 11) is 3.09. The number of carbonyl (C=O) groups is 2. The van der Waals surface area contributed by atoms with E-state index in [0.29, 0.717) is 5.75 Å². The van der Waals surface area contributed by atoms with Crippen LogP contribution in [0.25, 0.3) is 0 Å². The molecule has 0 unspecified atom stereocenters. The smallest absolute Gasteiger partial charge is 0.339 e. The maximum absolute atomic E-state index is 12.3. The number of aromatic nitrogens is 2. The SMILES string of the molecule is COc1cccc([C@H](C)NC(=O)c2c(C(=O)O)cnn2C)c1. The molecule has 0 saturated heterocycles. The third-order valence-electron chi connectivity index (χ3n) is 3.33. The van der Waals surface area contributed by atoms with E-state index in [9.17, 15) is 9.59 Å². The van der Waals surface area contributed by atoms with Crippen LogP contribution in [0.3, 0.4) is 0 Å². The number of carboxylic acids is 1. The number of aryl methyl sites for hydroxylation is 1. The molecule has 0 bridgehead atoms. The summed E-state index contributed by atoms with van der Waals surface area (Å²) in [5.74, 6) is -0.995. The molecule has 2 N–H and O–H groups in total. The van der Waals surface area contributed by atoms with Crippen molar-refractivity contribution >= 4 is 11.9 Å². The molecule has 1 atom stereocenters. The van der Waals surface area contributed by atoms with Gasteiger partial charge in [-0.15, -0.1) is 0 Å². The molecule has 1 heterocycles. The van der Waals surface area contributed by atoms with Gasteiger partial charge >= 0.3 is 5.97 Å². The van der Waals surface area contributed by atoms with Crippen molar-refractivity contribution < 1.29 is 19.4 Å². The number of carbonyl (C=O) groups excluding carboxylic acids is 1. The fourth-order valence-electron chi connectivity index (χ4n) is 2.12. The number of carboxylic acid groups (broad SMARTS) is 1. The van der Waals surface area contributed by atoms with Crippen LogP contribution in [-0.2, 0) is 7.05 Å². The van der Waals surface area contributed by atoms with Crippen molar-refractivity contribution in [2.45, 2.75) is 13.0 Å². The highest BCUT2D eigenvalue weighted by Crippen LogP contribution is 2.19. The first kappa shape index (κ1) is 15.6. The van der Waals surface area contributed by atoms with Crippen molar-refractivity contribution in [2.75, 3.05) is 7.11 Å². The van der Waals surface area contributed by atoms with Gasteiger partial charge in [-0.05, 0) is 24.6 Å². The van der Waals surface area contributed by atoms with E-state index >= 15 is 0 Å². The number of hydrogen-bond acceptors (Lipinski definition) is 4. The second-order valence-electron chi connectivity index (χ2n) is 4.81. The molecule has 22 heavy (non-hydrogen) atoms. The van der Waals surface area contributed by atoms with Gasteiger partial charge in [-0.3, -0.25) is 9.48 Å². The first-order valence-corrected chi connectivity index (χ1v) is 6.64. The first-order valence-electron chi connectivity index (χ1n) is 6.64. The van der Waals surface area contributed by atoms with Gasteiger partial charge in [0, 0.05) is 7.05 Å². The lowest BCUT2D eigenvalue weighted by atomic mass is 10.1. The minimum atomic E-state index is -1.19. The van der Waals surface area contributed by atoms with E-state index in [1.807, 2.05) is 31.2 Å². The molecular weight excluding hydrogens is 286 g/mol. The molecule has 0 aliphatic heterocycles. The Morgan fingerprint density at radius 2 is 2.14 bits per heavy atom. The van der Waals surface area contributed by atoms with Crippen molar-refractivity contribution in [3.63, 3.8) is 0 Å². The summed E-state index contributed by atoms with van der Waals surface area (Å²) >= 11 is 0. The first-order chi connectivity index (χ1) is 10.4. The van der Waals surface area contributed by atoms with Crippen molar-refractivity contribution in [2.24, 2.45) is 7.05 Å². The monoisotopic (exact) mass is 303 g/mol. The Bertz CT molecular complexity index is 709. The zero-order valence-electron chi connectivity index (χ0n) is 12.5. The minimum Gasteiger partial charge on any atom is -0.497 e. The van der Waals surface area contributed by atoms with Gasteiger partial charge in [0.2, 0.25) is 0 Å². The van der Waals surface area contributed by atoms with Crippen molar-refractivity contribution in [1.29, 1.82) is 0 Å². The summed E-state index contributed by atoms with van der Waals surface area (Å²) in [6, 6.07) is 6.99. The van der Waals surface area contributed by atoms with E-state index in [1.54, 1.807) is 7.11 Å². The van der Waals surface area contributed by atoms with Crippen LogP contribution in [0.5, 0.6) is 5.75 Å². The lowest BCUT2D eigenvalue weighted by Gasteiger charge is -2.15. The van der Waals surface area contributed by atoms with Crippen molar-refractivity contribution in [3.8, 4) is 5.75 Å². The highest BCUT2D eigenvalue weighted by molar-refractivity contribution is 6.03. The summed E-state index contributed by atoms with van der Waals surface area (Å²) in [6.07, 6.45) is 1.16. The van der Waals surface area contributed by atoms with Crippen LogP contribution in [0.4, 0.5) is 0 Å². The zero-order valence-corrected chi connectivity index (χ0v) is 12.5. The van der Waals surface area contributed by atoms with Crippen molar-refractivity contribution in [3.05, 3.63) is 47.3 Å². The van der Waals surface area contributed by atoms with Gasteiger partial charge in [0.15, 0.2) is 0 Å². The molecule has 0 aliphatic carbocycles. The van der Waals surface area contributed by atoms with Gasteiger partial charge in [0.1, 0.15) is 17.0 Å². The summed E-state index contributed by atoms with van der Waals surface area (Å²) < 4.78 is 6.39. The molecule has 1 amide bonds. The van der Waals surface area contributed by atoms with Crippen LogP contribution >= 0.6 is 0 Å². The molecular formula is C15H17N3O4. The largest absolute Gasteiger partial charge is 0.497 e. The van der Waals surface area contributed by atoms with Crippen LogP contribution < -0.4 is 10.1 Å². The molecule has 0 saturated carbocycles. The fourth-order valence-corrected chi connectivity index (χ4v) is 2.12. The molecule has 7 heteroatoms. The molecule has 7 nitrogen and oxygen atoms in total. The average molecular weight is 303 g/mol. The van der Waals surface area contributed by atoms with Gasteiger partial charge in [0.25, 0.3) is 5.91 Å². The number of ether oxygens (including phenoxy) is 1. The predicted octanol–water partition coefficient (Wildman–Crippen LogP) is 1.62. The molecule has 116 valence electrons. The average Bonchev–Trinajstić information content (AvgIpc) is 2.89. The van der Waals surface area contributed by atoms with Crippen LogP contribution in [-0.4, -0.2) is 33.9 Å². The number of methoxy groups -OCH3 is 1. The lowest BCUT2D eigenvalue weighted by molar-refractivity contribution is 0.0690. The minimum absolute atomic E-state index is 0.0160. The summed E-state index contributed by atoms with van der Waals surface area (Å²) in [5, 5.41) is 15.7. The van der Waals surface area contributed by atoms with Gasteiger partial charge < -0.3 is 15.2 Å². The Morgan fingerprint density at radius 3 is 2.77 bits per heavy atom. The molecule has 0 spiro atoms. The van der Waals surface area contributed by atoms with Crippen LogP contribution in [0.15, 0.2) is 30.5 Å². The van der Waals surface area contributed by atoms with E-state index in [4.69, 9.17) is 9.84 Å².